The van der Waals surface area contributed by atoms with E-state index in [1.807, 2.05) is 23.6 Å². The fourth-order valence-electron chi connectivity index (χ4n) is 3.72. The average Bonchev–Trinajstić information content (AvgIpc) is 3.39. The zero-order valence-electron chi connectivity index (χ0n) is 14.6. The Morgan fingerprint density at radius 2 is 2.00 bits per heavy atom. The van der Waals surface area contributed by atoms with Crippen molar-refractivity contribution in [3.05, 3.63) is 51.9 Å². The number of aryl methyl sites for hydroxylation is 2. The average molecular weight is 369 g/mol. The fourth-order valence-corrected chi connectivity index (χ4v) is 4.49. The quantitative estimate of drug-likeness (QED) is 0.759. The first-order valence-corrected chi connectivity index (χ1v) is 10.1. The van der Waals surface area contributed by atoms with Crippen molar-refractivity contribution in [1.29, 1.82) is 0 Å². The van der Waals surface area contributed by atoms with E-state index in [-0.39, 0.29) is 11.8 Å². The predicted octanol–water partition coefficient (Wildman–Crippen LogP) is 2.97. The molecule has 2 heterocycles. The zero-order chi connectivity index (χ0) is 17.9. The lowest BCUT2D eigenvalue weighted by Gasteiger charge is -2.12. The van der Waals surface area contributed by atoms with Gasteiger partial charge in [-0.3, -0.25) is 9.59 Å². The second-order valence-electron chi connectivity index (χ2n) is 6.96. The first-order chi connectivity index (χ1) is 12.7. The molecule has 1 saturated heterocycles. The zero-order valence-corrected chi connectivity index (χ0v) is 15.5. The summed E-state index contributed by atoms with van der Waals surface area (Å²) < 4.78 is 0. The van der Waals surface area contributed by atoms with Gasteiger partial charge >= 0.3 is 0 Å². The largest absolute Gasteiger partial charge is 0.350 e. The Morgan fingerprint density at radius 1 is 1.12 bits per heavy atom. The lowest BCUT2D eigenvalue weighted by atomic mass is 10.1. The van der Waals surface area contributed by atoms with Crippen LogP contribution in [0.5, 0.6) is 0 Å². The molecule has 0 radical (unpaired) electrons. The smallest absolute Gasteiger partial charge is 0.256 e. The summed E-state index contributed by atoms with van der Waals surface area (Å²) in [7, 11) is 0. The van der Waals surface area contributed by atoms with E-state index in [9.17, 15) is 9.59 Å². The van der Waals surface area contributed by atoms with Gasteiger partial charge in [0.25, 0.3) is 11.8 Å². The van der Waals surface area contributed by atoms with Crippen LogP contribution in [0, 0.1) is 0 Å². The Kier molecular flexibility index (Phi) is 5.04. The number of carbonyl (C=O) groups excluding carboxylic acids is 2. The minimum absolute atomic E-state index is 0.135. The van der Waals surface area contributed by atoms with Crippen molar-refractivity contribution >= 4 is 28.2 Å². The Bertz CT molecular complexity index is 824. The maximum atomic E-state index is 12.6. The number of fused-ring (bicyclic) bond motifs is 1. The highest BCUT2D eigenvalue weighted by atomic mass is 32.1. The minimum Gasteiger partial charge on any atom is -0.350 e. The molecule has 136 valence electrons. The van der Waals surface area contributed by atoms with Gasteiger partial charge in [-0.05, 0) is 73.4 Å². The van der Waals surface area contributed by atoms with Crippen LogP contribution < -0.4 is 16.0 Å². The molecule has 4 rings (SSSR count). The Hall–Kier alpha value is -2.18. The lowest BCUT2D eigenvalue weighted by molar-refractivity contribution is 0.0951. The van der Waals surface area contributed by atoms with Gasteiger partial charge in [0.05, 0.1) is 5.56 Å². The summed E-state index contributed by atoms with van der Waals surface area (Å²) in [6, 6.07) is 8.02. The van der Waals surface area contributed by atoms with Gasteiger partial charge in [-0.2, -0.15) is 0 Å². The molecule has 6 heteroatoms. The van der Waals surface area contributed by atoms with E-state index in [0.717, 1.165) is 38.6 Å². The number of thiophene rings is 1. The number of benzene rings is 1. The molecule has 2 amide bonds. The van der Waals surface area contributed by atoms with Crippen molar-refractivity contribution in [1.82, 2.24) is 10.6 Å². The third-order valence-corrected chi connectivity index (χ3v) is 6.00. The summed E-state index contributed by atoms with van der Waals surface area (Å²) in [5.74, 6) is -0.294. The molecular weight excluding hydrogens is 346 g/mol. The molecule has 0 spiro atoms. The molecular formula is C20H23N3O2S. The lowest BCUT2D eigenvalue weighted by Crippen LogP contribution is -2.37. The number of rotatable bonds is 5. The van der Waals surface area contributed by atoms with Crippen LogP contribution in [0.3, 0.4) is 0 Å². The van der Waals surface area contributed by atoms with Gasteiger partial charge in [0, 0.05) is 18.2 Å². The molecule has 1 fully saturated rings. The summed E-state index contributed by atoms with van der Waals surface area (Å²) in [5, 5.41) is 11.7. The molecule has 1 unspecified atom stereocenters. The van der Waals surface area contributed by atoms with E-state index < -0.39 is 0 Å². The highest BCUT2D eigenvalue weighted by molar-refractivity contribution is 7.14. The molecule has 1 atom stereocenters. The van der Waals surface area contributed by atoms with Crippen molar-refractivity contribution in [3.8, 4) is 0 Å². The fraction of sp³-hybridized carbons (Fsp3) is 0.400. The van der Waals surface area contributed by atoms with E-state index >= 15 is 0 Å². The molecule has 0 saturated carbocycles. The van der Waals surface area contributed by atoms with Gasteiger partial charge in [-0.25, -0.2) is 0 Å². The number of carbonyl (C=O) groups is 2. The third-order valence-electron chi connectivity index (χ3n) is 5.17. The summed E-state index contributed by atoms with van der Waals surface area (Å²) in [5.41, 5.74) is 3.80. The number of anilines is 1. The number of nitrogens with one attached hydrogen (secondary N) is 3. The Morgan fingerprint density at radius 3 is 2.85 bits per heavy atom. The molecule has 1 aliphatic carbocycles. The molecule has 2 aromatic rings. The van der Waals surface area contributed by atoms with Crippen molar-refractivity contribution in [2.75, 3.05) is 18.4 Å². The van der Waals surface area contributed by atoms with Crippen molar-refractivity contribution < 1.29 is 9.59 Å². The molecule has 3 N–H and O–H groups in total. The molecule has 1 aromatic heterocycles. The molecule has 26 heavy (non-hydrogen) atoms. The monoisotopic (exact) mass is 369 g/mol. The van der Waals surface area contributed by atoms with Crippen LogP contribution in [0.4, 0.5) is 5.00 Å². The van der Waals surface area contributed by atoms with Crippen LogP contribution in [0.2, 0.25) is 0 Å². The van der Waals surface area contributed by atoms with Crippen LogP contribution in [0.25, 0.3) is 0 Å². The summed E-state index contributed by atoms with van der Waals surface area (Å²) in [6.45, 7) is 1.63. The van der Waals surface area contributed by atoms with Crippen LogP contribution in [0.1, 0.15) is 51.1 Å². The number of hydrogen-bond acceptors (Lipinski definition) is 4. The van der Waals surface area contributed by atoms with Gasteiger partial charge in [0.1, 0.15) is 5.00 Å². The van der Waals surface area contributed by atoms with Gasteiger partial charge in [-0.15, -0.1) is 11.3 Å². The van der Waals surface area contributed by atoms with Crippen molar-refractivity contribution in [2.45, 2.75) is 38.1 Å². The van der Waals surface area contributed by atoms with E-state index in [1.54, 1.807) is 6.07 Å². The third kappa shape index (κ3) is 3.66. The van der Waals surface area contributed by atoms with Gasteiger partial charge in [0.15, 0.2) is 0 Å². The topological polar surface area (TPSA) is 70.2 Å². The van der Waals surface area contributed by atoms with Gasteiger partial charge in [-0.1, -0.05) is 6.07 Å². The van der Waals surface area contributed by atoms with Crippen LogP contribution in [-0.2, 0) is 12.8 Å². The summed E-state index contributed by atoms with van der Waals surface area (Å²) in [4.78, 5) is 25.1. The van der Waals surface area contributed by atoms with E-state index in [0.29, 0.717) is 28.7 Å². The second kappa shape index (κ2) is 7.60. The molecule has 0 bridgehead atoms. The molecule has 1 aliphatic heterocycles. The first kappa shape index (κ1) is 17.2. The normalized spacial score (nSPS) is 18.5. The molecule has 2 aliphatic rings. The number of hydrogen-bond donors (Lipinski definition) is 3. The van der Waals surface area contributed by atoms with E-state index in [1.165, 1.54) is 22.5 Å². The predicted molar refractivity (Wildman–Crippen MR) is 104 cm³/mol. The maximum absolute atomic E-state index is 12.6. The highest BCUT2D eigenvalue weighted by Crippen LogP contribution is 2.26. The summed E-state index contributed by atoms with van der Waals surface area (Å²) in [6.07, 6.45) is 5.54. The van der Waals surface area contributed by atoms with Gasteiger partial charge in [0.2, 0.25) is 0 Å². The maximum Gasteiger partial charge on any atom is 0.256 e. The van der Waals surface area contributed by atoms with Crippen LogP contribution >= 0.6 is 11.3 Å². The second-order valence-corrected chi connectivity index (χ2v) is 7.87. The molecule has 1 aromatic carbocycles. The Labute approximate surface area is 157 Å². The van der Waals surface area contributed by atoms with Crippen molar-refractivity contribution in [2.24, 2.45) is 0 Å². The minimum atomic E-state index is -0.159. The SMILES string of the molecule is O=C(Nc1sccc1C(=O)NCC1CCCN1)c1ccc2c(c1)CCC2. The number of amides is 2. The molecule has 5 nitrogen and oxygen atoms in total. The summed E-state index contributed by atoms with van der Waals surface area (Å²) >= 11 is 1.38. The van der Waals surface area contributed by atoms with Crippen LogP contribution in [-0.4, -0.2) is 30.9 Å². The van der Waals surface area contributed by atoms with Crippen molar-refractivity contribution in [3.63, 3.8) is 0 Å². The van der Waals surface area contributed by atoms with Crippen LogP contribution in [0.15, 0.2) is 29.6 Å². The standard InChI is InChI=1S/C20H23N3O2S/c24-18(15-7-6-13-3-1-4-14(13)11-15)23-20-17(8-10-26-20)19(25)22-12-16-5-2-9-21-16/h6-8,10-11,16,21H,1-5,9,12H2,(H,22,25)(H,23,24). The first-order valence-electron chi connectivity index (χ1n) is 9.23. The van der Waals surface area contributed by atoms with E-state index in [4.69, 9.17) is 0 Å². The van der Waals surface area contributed by atoms with Gasteiger partial charge < -0.3 is 16.0 Å². The highest BCUT2D eigenvalue weighted by Gasteiger charge is 2.20. The Balaban J connectivity index is 1.41. The van der Waals surface area contributed by atoms with E-state index in [2.05, 4.69) is 16.0 Å².